The van der Waals surface area contributed by atoms with Crippen molar-refractivity contribution in [2.24, 2.45) is 5.92 Å². The van der Waals surface area contributed by atoms with Gasteiger partial charge in [0.15, 0.2) is 0 Å². The zero-order valence-corrected chi connectivity index (χ0v) is 12.5. The quantitative estimate of drug-likeness (QED) is 0.813. The fraction of sp³-hybridized carbons (Fsp3) is 0.600. The minimum atomic E-state index is -4.47. The molecule has 0 saturated heterocycles. The fourth-order valence-electron chi connectivity index (χ4n) is 1.64. The predicted octanol–water partition coefficient (Wildman–Crippen LogP) is 3.21. The standard InChI is InChI=1S/C15H22F3NO2/c1-10(2)19-7-12-4-5-14(21-9-11(3)8-20)13(6-12)15(16,17)18/h4-6,10-11,19-20H,7-9H2,1-3H3. The Hall–Kier alpha value is -1.27. The third-order valence-electron chi connectivity index (χ3n) is 2.90. The Labute approximate surface area is 123 Å². The van der Waals surface area contributed by atoms with Crippen LogP contribution in [0.2, 0.25) is 0 Å². The molecule has 1 aromatic carbocycles. The summed E-state index contributed by atoms with van der Waals surface area (Å²) in [5.74, 6) is -0.413. The van der Waals surface area contributed by atoms with Crippen LogP contribution in [-0.2, 0) is 12.7 Å². The summed E-state index contributed by atoms with van der Waals surface area (Å²) >= 11 is 0. The molecule has 0 aliphatic carbocycles. The van der Waals surface area contributed by atoms with Gasteiger partial charge in [0.1, 0.15) is 5.75 Å². The molecule has 1 aromatic rings. The van der Waals surface area contributed by atoms with Crippen molar-refractivity contribution in [3.8, 4) is 5.75 Å². The first-order valence-electron chi connectivity index (χ1n) is 6.91. The van der Waals surface area contributed by atoms with Crippen LogP contribution in [0.15, 0.2) is 18.2 Å². The first kappa shape index (κ1) is 17.8. The van der Waals surface area contributed by atoms with E-state index in [4.69, 9.17) is 9.84 Å². The van der Waals surface area contributed by atoms with Gasteiger partial charge in [0, 0.05) is 25.1 Å². The van der Waals surface area contributed by atoms with E-state index in [1.807, 2.05) is 13.8 Å². The molecular formula is C15H22F3NO2. The maximum atomic E-state index is 13.1. The van der Waals surface area contributed by atoms with Crippen LogP contribution >= 0.6 is 0 Å². The van der Waals surface area contributed by atoms with Crippen molar-refractivity contribution in [1.82, 2.24) is 5.32 Å². The van der Waals surface area contributed by atoms with Crippen LogP contribution in [-0.4, -0.2) is 24.4 Å². The molecule has 0 aliphatic heterocycles. The van der Waals surface area contributed by atoms with E-state index in [1.54, 1.807) is 13.0 Å². The number of aliphatic hydroxyl groups excluding tert-OH is 1. The Bertz CT molecular complexity index is 447. The van der Waals surface area contributed by atoms with Gasteiger partial charge in [-0.25, -0.2) is 0 Å². The van der Waals surface area contributed by atoms with Crippen LogP contribution in [0.4, 0.5) is 13.2 Å². The van der Waals surface area contributed by atoms with Crippen molar-refractivity contribution in [1.29, 1.82) is 0 Å². The van der Waals surface area contributed by atoms with E-state index < -0.39 is 11.7 Å². The number of ether oxygens (including phenoxy) is 1. The molecule has 1 unspecified atom stereocenters. The van der Waals surface area contributed by atoms with E-state index >= 15 is 0 Å². The van der Waals surface area contributed by atoms with Gasteiger partial charge < -0.3 is 15.2 Å². The van der Waals surface area contributed by atoms with Gasteiger partial charge in [-0.15, -0.1) is 0 Å². The largest absolute Gasteiger partial charge is 0.493 e. The number of benzene rings is 1. The molecule has 1 atom stereocenters. The number of aliphatic hydroxyl groups is 1. The van der Waals surface area contributed by atoms with E-state index in [9.17, 15) is 13.2 Å². The van der Waals surface area contributed by atoms with Gasteiger partial charge in [0.25, 0.3) is 0 Å². The lowest BCUT2D eigenvalue weighted by atomic mass is 10.1. The number of nitrogens with one attached hydrogen (secondary N) is 1. The molecule has 0 bridgehead atoms. The predicted molar refractivity (Wildman–Crippen MR) is 75.2 cm³/mol. The molecule has 1 rings (SSSR count). The van der Waals surface area contributed by atoms with Crippen molar-refractivity contribution in [2.45, 2.75) is 39.5 Å². The lowest BCUT2D eigenvalue weighted by Gasteiger charge is -2.17. The Balaban J connectivity index is 2.92. The topological polar surface area (TPSA) is 41.5 Å². The molecule has 21 heavy (non-hydrogen) atoms. The summed E-state index contributed by atoms with van der Waals surface area (Å²) in [4.78, 5) is 0. The number of halogens is 3. The lowest BCUT2D eigenvalue weighted by molar-refractivity contribution is -0.139. The summed E-state index contributed by atoms with van der Waals surface area (Å²) in [5.41, 5.74) is -0.228. The summed E-state index contributed by atoms with van der Waals surface area (Å²) in [5, 5.41) is 12.0. The molecule has 0 heterocycles. The normalized spacial score (nSPS) is 13.5. The van der Waals surface area contributed by atoms with Crippen molar-refractivity contribution < 1.29 is 23.0 Å². The second-order valence-electron chi connectivity index (χ2n) is 5.46. The van der Waals surface area contributed by atoms with Crippen molar-refractivity contribution in [3.05, 3.63) is 29.3 Å². The second-order valence-corrected chi connectivity index (χ2v) is 5.46. The molecule has 120 valence electrons. The van der Waals surface area contributed by atoms with Crippen LogP contribution in [0.25, 0.3) is 0 Å². The van der Waals surface area contributed by atoms with Crippen LogP contribution in [0.3, 0.4) is 0 Å². The number of rotatable bonds is 7. The fourth-order valence-corrected chi connectivity index (χ4v) is 1.64. The highest BCUT2D eigenvalue weighted by atomic mass is 19.4. The molecule has 0 aromatic heterocycles. The molecule has 0 spiro atoms. The van der Waals surface area contributed by atoms with Crippen molar-refractivity contribution >= 4 is 0 Å². The zero-order chi connectivity index (χ0) is 16.0. The highest BCUT2D eigenvalue weighted by Crippen LogP contribution is 2.37. The number of hydrogen-bond acceptors (Lipinski definition) is 3. The van der Waals surface area contributed by atoms with Crippen molar-refractivity contribution in [2.75, 3.05) is 13.2 Å². The Kier molecular flexibility index (Phi) is 6.48. The highest BCUT2D eigenvalue weighted by Gasteiger charge is 2.34. The number of alkyl halides is 3. The molecule has 2 N–H and O–H groups in total. The minimum Gasteiger partial charge on any atom is -0.493 e. The summed E-state index contributed by atoms with van der Waals surface area (Å²) in [7, 11) is 0. The van der Waals surface area contributed by atoms with E-state index in [0.717, 1.165) is 6.07 Å². The van der Waals surface area contributed by atoms with Gasteiger partial charge in [-0.2, -0.15) is 13.2 Å². The van der Waals surface area contributed by atoms with Gasteiger partial charge >= 0.3 is 6.18 Å². The molecule has 0 radical (unpaired) electrons. The van der Waals surface area contributed by atoms with Crippen LogP contribution < -0.4 is 10.1 Å². The first-order chi connectivity index (χ1) is 9.74. The lowest BCUT2D eigenvalue weighted by Crippen LogP contribution is -2.22. The second kappa shape index (κ2) is 7.66. The molecule has 0 fully saturated rings. The van der Waals surface area contributed by atoms with Crippen LogP contribution in [0.5, 0.6) is 5.75 Å². The average molecular weight is 305 g/mol. The third-order valence-corrected chi connectivity index (χ3v) is 2.90. The molecule has 6 heteroatoms. The maximum Gasteiger partial charge on any atom is 0.419 e. The van der Waals surface area contributed by atoms with E-state index in [2.05, 4.69) is 5.32 Å². The summed E-state index contributed by atoms with van der Waals surface area (Å²) in [6.07, 6.45) is -4.47. The van der Waals surface area contributed by atoms with E-state index in [0.29, 0.717) is 12.1 Å². The average Bonchev–Trinajstić information content (AvgIpc) is 2.41. The summed E-state index contributed by atoms with van der Waals surface area (Å²) in [6, 6.07) is 4.25. The molecule has 3 nitrogen and oxygen atoms in total. The monoisotopic (exact) mass is 305 g/mol. The SMILES string of the molecule is CC(CO)COc1ccc(CNC(C)C)cc1C(F)(F)F. The smallest absolute Gasteiger partial charge is 0.419 e. The van der Waals surface area contributed by atoms with Gasteiger partial charge in [-0.05, 0) is 17.7 Å². The van der Waals surface area contributed by atoms with E-state index in [1.165, 1.54) is 6.07 Å². The molecular weight excluding hydrogens is 283 g/mol. The Morgan fingerprint density at radius 2 is 1.90 bits per heavy atom. The molecule has 0 aliphatic rings. The van der Waals surface area contributed by atoms with Crippen LogP contribution in [0, 0.1) is 5.92 Å². The Morgan fingerprint density at radius 1 is 1.24 bits per heavy atom. The van der Waals surface area contributed by atoms with Gasteiger partial charge in [0.05, 0.1) is 12.2 Å². The number of hydrogen-bond donors (Lipinski definition) is 2. The first-order valence-corrected chi connectivity index (χ1v) is 6.91. The highest BCUT2D eigenvalue weighted by molar-refractivity contribution is 5.39. The van der Waals surface area contributed by atoms with Gasteiger partial charge in [-0.3, -0.25) is 0 Å². The van der Waals surface area contributed by atoms with Crippen LogP contribution in [0.1, 0.15) is 31.9 Å². The Morgan fingerprint density at radius 3 is 2.43 bits per heavy atom. The zero-order valence-electron chi connectivity index (χ0n) is 12.5. The van der Waals surface area contributed by atoms with E-state index in [-0.39, 0.29) is 30.9 Å². The minimum absolute atomic E-state index is 0.0448. The summed E-state index contributed by atoms with van der Waals surface area (Å²) < 4.78 is 44.4. The third kappa shape index (κ3) is 5.93. The molecule has 0 saturated carbocycles. The summed E-state index contributed by atoms with van der Waals surface area (Å²) in [6.45, 7) is 5.85. The molecule has 0 amide bonds. The van der Waals surface area contributed by atoms with Gasteiger partial charge in [-0.1, -0.05) is 26.8 Å². The van der Waals surface area contributed by atoms with Crippen molar-refractivity contribution in [3.63, 3.8) is 0 Å². The van der Waals surface area contributed by atoms with Gasteiger partial charge in [0.2, 0.25) is 0 Å². The maximum absolute atomic E-state index is 13.1.